The number of carbonyl (C=O) groups is 2. The zero-order chi connectivity index (χ0) is 30.8. The van der Waals surface area contributed by atoms with E-state index in [1.54, 1.807) is 30.0 Å². The third-order valence-corrected chi connectivity index (χ3v) is 6.24. The molecule has 0 aliphatic rings. The topological polar surface area (TPSA) is 101 Å². The first-order valence-corrected chi connectivity index (χ1v) is 15.0. The molecule has 0 aliphatic carbocycles. The summed E-state index contributed by atoms with van der Waals surface area (Å²) in [6.07, 6.45) is 8.88. The molecule has 0 unspecified atom stereocenters. The summed E-state index contributed by atoms with van der Waals surface area (Å²) in [6.45, 7) is 18.9. The molecule has 0 aromatic heterocycles. The average molecular weight is 595 g/mol. The van der Waals surface area contributed by atoms with Crippen LogP contribution in [0.2, 0.25) is 0 Å². The predicted octanol–water partition coefficient (Wildman–Crippen LogP) is 6.85. The number of carbonyl (C=O) groups excluding carboxylic acids is 1. The molecule has 0 saturated carbocycles. The van der Waals surface area contributed by atoms with Gasteiger partial charge in [0, 0.05) is 23.9 Å². The highest BCUT2D eigenvalue weighted by molar-refractivity contribution is 8.02. The first-order chi connectivity index (χ1) is 19.7. The molecule has 9 heteroatoms. The summed E-state index contributed by atoms with van der Waals surface area (Å²) in [6, 6.07) is 7.06. The number of thioether (sulfide) groups is 1. The van der Waals surface area contributed by atoms with Crippen LogP contribution < -0.4 is 0 Å². The standard InChI is InChI=1S/C27H40O6S.C5H10O2/c1-4-12-30-14-16-32-18-19-33-17-15-31-13-8-10-23(5-2)21-26(6-3)34-22-24-9-7-11-25(20-24)27(28)29;1-5(2,3)7-4-6/h5-7,9,11,20-21H,2,4,8,10,12-19,22H2,1,3H3,(H,28,29);4H,1-3H3/b23-21+,26-6+;. The van der Waals surface area contributed by atoms with Crippen LogP contribution in [0.4, 0.5) is 0 Å². The molecular formula is C32H50O8S. The minimum absolute atomic E-state index is 0.314. The van der Waals surface area contributed by atoms with E-state index in [0.29, 0.717) is 64.0 Å². The molecule has 0 spiro atoms. The molecule has 8 nitrogen and oxygen atoms in total. The van der Waals surface area contributed by atoms with Crippen LogP contribution in [0.1, 0.15) is 69.8 Å². The smallest absolute Gasteiger partial charge is 0.335 e. The molecule has 0 fully saturated rings. The summed E-state index contributed by atoms with van der Waals surface area (Å²) < 4.78 is 26.5. The molecule has 1 aromatic rings. The molecular weight excluding hydrogens is 544 g/mol. The zero-order valence-electron chi connectivity index (χ0n) is 25.5. The summed E-state index contributed by atoms with van der Waals surface area (Å²) in [5, 5.41) is 9.14. The number of aromatic carboxylic acids is 1. The highest BCUT2D eigenvalue weighted by Gasteiger charge is 2.07. The fraction of sp³-hybridized carbons (Fsp3) is 0.562. The Kier molecular flexibility index (Phi) is 23.8. The lowest BCUT2D eigenvalue weighted by Crippen LogP contribution is -2.17. The van der Waals surface area contributed by atoms with Crippen LogP contribution in [-0.4, -0.2) is 76.0 Å². The van der Waals surface area contributed by atoms with E-state index in [0.717, 1.165) is 41.9 Å². The highest BCUT2D eigenvalue weighted by Crippen LogP contribution is 2.25. The third-order valence-electron chi connectivity index (χ3n) is 5.07. The zero-order valence-corrected chi connectivity index (χ0v) is 26.3. The minimum Gasteiger partial charge on any atom is -0.478 e. The van der Waals surface area contributed by atoms with Gasteiger partial charge >= 0.3 is 5.97 Å². The number of benzene rings is 1. The second-order valence-corrected chi connectivity index (χ2v) is 10.8. The summed E-state index contributed by atoms with van der Waals surface area (Å²) in [5.74, 6) is -0.193. The van der Waals surface area contributed by atoms with Gasteiger partial charge in [0.15, 0.2) is 0 Å². The Morgan fingerprint density at radius 1 is 0.976 bits per heavy atom. The van der Waals surface area contributed by atoms with Crippen molar-refractivity contribution < 1.29 is 38.4 Å². The van der Waals surface area contributed by atoms with Crippen molar-refractivity contribution in [2.24, 2.45) is 0 Å². The molecule has 1 rings (SSSR count). The molecule has 0 bridgehead atoms. The van der Waals surface area contributed by atoms with Gasteiger partial charge in [-0.05, 0) is 76.3 Å². The number of rotatable bonds is 22. The molecule has 0 aliphatic heterocycles. The van der Waals surface area contributed by atoms with Crippen LogP contribution in [-0.2, 0) is 34.2 Å². The lowest BCUT2D eigenvalue weighted by Gasteiger charge is -2.14. The third kappa shape index (κ3) is 23.9. The lowest BCUT2D eigenvalue weighted by atomic mass is 10.1. The lowest BCUT2D eigenvalue weighted by molar-refractivity contribution is -0.138. The molecule has 0 atom stereocenters. The summed E-state index contributed by atoms with van der Waals surface area (Å²) in [4.78, 5) is 21.9. The maximum Gasteiger partial charge on any atom is 0.335 e. The van der Waals surface area contributed by atoms with Crippen molar-refractivity contribution in [1.29, 1.82) is 0 Å². The van der Waals surface area contributed by atoms with Gasteiger partial charge in [-0.2, -0.15) is 0 Å². The maximum absolute atomic E-state index is 11.1. The van der Waals surface area contributed by atoms with E-state index in [1.807, 2.05) is 39.8 Å². The largest absolute Gasteiger partial charge is 0.478 e. The Morgan fingerprint density at radius 3 is 2.02 bits per heavy atom. The van der Waals surface area contributed by atoms with Crippen molar-refractivity contribution in [2.45, 2.75) is 65.2 Å². The van der Waals surface area contributed by atoms with E-state index in [1.165, 1.54) is 0 Å². The Bertz CT molecular complexity index is 905. The minimum atomic E-state index is -0.904. The van der Waals surface area contributed by atoms with E-state index in [2.05, 4.69) is 30.4 Å². The van der Waals surface area contributed by atoms with Crippen LogP contribution in [0.25, 0.3) is 0 Å². The van der Waals surface area contributed by atoms with Gasteiger partial charge in [-0.25, -0.2) is 4.79 Å². The fourth-order valence-electron chi connectivity index (χ4n) is 3.01. The van der Waals surface area contributed by atoms with Gasteiger partial charge in [0.1, 0.15) is 5.60 Å². The Morgan fingerprint density at radius 2 is 1.56 bits per heavy atom. The highest BCUT2D eigenvalue weighted by atomic mass is 32.2. The summed E-state index contributed by atoms with van der Waals surface area (Å²) >= 11 is 1.68. The predicted molar refractivity (Wildman–Crippen MR) is 166 cm³/mol. The number of carboxylic acids is 1. The number of allylic oxidation sites excluding steroid dienone is 4. The normalized spacial score (nSPS) is 11.9. The van der Waals surface area contributed by atoms with Gasteiger partial charge in [-0.3, -0.25) is 4.79 Å². The van der Waals surface area contributed by atoms with Crippen molar-refractivity contribution in [1.82, 2.24) is 0 Å². The van der Waals surface area contributed by atoms with Crippen LogP contribution in [0.3, 0.4) is 0 Å². The van der Waals surface area contributed by atoms with Crippen molar-refractivity contribution in [3.63, 3.8) is 0 Å². The molecule has 232 valence electrons. The first kappa shape index (κ1) is 38.6. The Hall–Kier alpha value is -2.43. The fourth-order valence-corrected chi connectivity index (χ4v) is 3.93. The van der Waals surface area contributed by atoms with E-state index in [4.69, 9.17) is 24.1 Å². The number of carboxylic acid groups (broad SMARTS) is 1. The molecule has 0 amide bonds. The quantitative estimate of drug-likeness (QED) is 0.0877. The summed E-state index contributed by atoms with van der Waals surface area (Å²) in [5.41, 5.74) is 2.14. The monoisotopic (exact) mass is 594 g/mol. The second kappa shape index (κ2) is 25.3. The van der Waals surface area contributed by atoms with E-state index >= 15 is 0 Å². The molecule has 0 radical (unpaired) electrons. The van der Waals surface area contributed by atoms with Crippen molar-refractivity contribution in [2.75, 3.05) is 52.9 Å². The maximum atomic E-state index is 11.1. The van der Waals surface area contributed by atoms with Gasteiger partial charge in [0.2, 0.25) is 0 Å². The number of ether oxygens (including phenoxy) is 5. The van der Waals surface area contributed by atoms with Gasteiger partial charge in [0.25, 0.3) is 6.47 Å². The van der Waals surface area contributed by atoms with Crippen LogP contribution in [0.5, 0.6) is 0 Å². The van der Waals surface area contributed by atoms with Crippen molar-refractivity contribution in [3.05, 3.63) is 70.7 Å². The molecule has 0 saturated heterocycles. The van der Waals surface area contributed by atoms with E-state index in [-0.39, 0.29) is 5.60 Å². The van der Waals surface area contributed by atoms with Gasteiger partial charge in [-0.1, -0.05) is 37.8 Å². The number of hydrogen-bond acceptors (Lipinski definition) is 8. The molecule has 1 aromatic carbocycles. The van der Waals surface area contributed by atoms with Gasteiger partial charge in [-0.15, -0.1) is 11.8 Å². The SMILES string of the molecule is C=C/C(=C\C(=C/C)SCc1cccc(C(=O)O)c1)CCCOCCOCCOCCOCCC.CC(C)(C)OC=O. The summed E-state index contributed by atoms with van der Waals surface area (Å²) in [7, 11) is 0. The van der Waals surface area contributed by atoms with Crippen LogP contribution in [0, 0.1) is 0 Å². The van der Waals surface area contributed by atoms with Crippen LogP contribution >= 0.6 is 11.8 Å². The van der Waals surface area contributed by atoms with Crippen molar-refractivity contribution in [3.8, 4) is 0 Å². The molecule has 41 heavy (non-hydrogen) atoms. The number of hydrogen-bond donors (Lipinski definition) is 1. The van der Waals surface area contributed by atoms with Crippen LogP contribution in [0.15, 0.2) is 59.6 Å². The average Bonchev–Trinajstić information content (AvgIpc) is 2.94. The molecule has 1 N–H and O–H groups in total. The Labute approximate surface area is 251 Å². The van der Waals surface area contributed by atoms with Gasteiger partial charge in [0.05, 0.1) is 45.2 Å². The Balaban J connectivity index is 0.00000201. The second-order valence-electron chi connectivity index (χ2n) is 9.79. The van der Waals surface area contributed by atoms with E-state index < -0.39 is 5.97 Å². The van der Waals surface area contributed by atoms with Gasteiger partial charge < -0.3 is 28.8 Å². The first-order valence-electron chi connectivity index (χ1n) is 14.0. The van der Waals surface area contributed by atoms with Crippen molar-refractivity contribution >= 4 is 24.2 Å². The van der Waals surface area contributed by atoms with E-state index in [9.17, 15) is 9.59 Å². The molecule has 0 heterocycles.